The molecule has 4 heteroatoms. The van der Waals surface area contributed by atoms with Crippen LogP contribution < -0.4 is 11.1 Å². The Morgan fingerprint density at radius 3 is 2.44 bits per heavy atom. The van der Waals surface area contributed by atoms with E-state index in [2.05, 4.69) is 31.5 Å². The summed E-state index contributed by atoms with van der Waals surface area (Å²) in [6.45, 7) is 9.95. The first kappa shape index (κ1) is 27.3. The molecule has 0 spiro atoms. The molecule has 0 aromatic heterocycles. The summed E-state index contributed by atoms with van der Waals surface area (Å²) in [5.74, 6) is -0.345. The Morgan fingerprint density at radius 1 is 1.06 bits per heavy atom. The van der Waals surface area contributed by atoms with Crippen molar-refractivity contribution in [2.24, 2.45) is 23.5 Å². The summed E-state index contributed by atoms with van der Waals surface area (Å²) >= 11 is 0. The number of nitrogens with one attached hydrogen (secondary N) is 1. The number of anilines is 1. The lowest BCUT2D eigenvalue weighted by Crippen LogP contribution is -2.41. The normalized spacial score (nSPS) is 19.3. The molecule has 0 radical (unpaired) electrons. The molecule has 3 rings (SSSR count). The predicted octanol–water partition coefficient (Wildman–Crippen LogP) is 6.44. The molecule has 3 N–H and O–H groups in total. The third-order valence-corrected chi connectivity index (χ3v) is 7.43. The van der Waals surface area contributed by atoms with Crippen molar-refractivity contribution in [3.8, 4) is 0 Å². The van der Waals surface area contributed by atoms with Gasteiger partial charge < -0.3 is 11.1 Å². The zero-order valence-corrected chi connectivity index (χ0v) is 21.5. The van der Waals surface area contributed by atoms with Gasteiger partial charge in [0.1, 0.15) is 0 Å². The number of hydrogen-bond acceptors (Lipinski definition) is 3. The van der Waals surface area contributed by atoms with Crippen molar-refractivity contribution >= 4 is 17.4 Å². The minimum atomic E-state index is -0.591. The van der Waals surface area contributed by atoms with Crippen LogP contribution in [0.15, 0.2) is 91.6 Å². The van der Waals surface area contributed by atoms with E-state index in [9.17, 15) is 9.59 Å². The van der Waals surface area contributed by atoms with Crippen molar-refractivity contribution in [1.82, 2.24) is 0 Å². The predicted molar refractivity (Wildman–Crippen MR) is 150 cm³/mol. The van der Waals surface area contributed by atoms with Crippen molar-refractivity contribution in [1.29, 1.82) is 0 Å². The Labute approximate surface area is 216 Å². The zero-order valence-electron chi connectivity index (χ0n) is 21.5. The number of carbonyl (C=O) groups is 2. The second-order valence-electron chi connectivity index (χ2n) is 9.74. The van der Waals surface area contributed by atoms with Crippen LogP contribution >= 0.6 is 0 Å². The van der Waals surface area contributed by atoms with Crippen molar-refractivity contribution in [2.75, 3.05) is 5.32 Å². The Bertz CT molecular complexity index is 1070. The van der Waals surface area contributed by atoms with Gasteiger partial charge in [-0.15, -0.1) is 0 Å². The number of carbonyl (C=O) groups excluding carboxylic acids is 2. The SMILES string of the molecule is C=C/C=C(\C=C)C(CC)CCc1ccccc1NC(=O)C1CCCC1C(=O)[C@@H](N)Cc1ccccc1. The quantitative estimate of drug-likeness (QED) is 0.322. The van der Waals surface area contributed by atoms with E-state index in [-0.39, 0.29) is 23.5 Å². The lowest BCUT2D eigenvalue weighted by Gasteiger charge is -2.22. The highest BCUT2D eigenvalue weighted by atomic mass is 16.2. The smallest absolute Gasteiger partial charge is 0.228 e. The number of hydrogen-bond donors (Lipinski definition) is 2. The van der Waals surface area contributed by atoms with Crippen LogP contribution in [0, 0.1) is 17.8 Å². The van der Waals surface area contributed by atoms with E-state index in [1.165, 1.54) is 5.57 Å². The van der Waals surface area contributed by atoms with Gasteiger partial charge in [-0.3, -0.25) is 9.59 Å². The summed E-state index contributed by atoms with van der Waals surface area (Å²) < 4.78 is 0. The molecule has 0 heterocycles. The molecule has 4 nitrogen and oxygen atoms in total. The highest BCUT2D eigenvalue weighted by Gasteiger charge is 2.39. The Morgan fingerprint density at radius 2 is 1.75 bits per heavy atom. The fraction of sp³-hybridized carbons (Fsp3) is 0.375. The van der Waals surface area contributed by atoms with Crippen LogP contribution in [-0.2, 0) is 22.4 Å². The number of benzene rings is 2. The van der Waals surface area contributed by atoms with Crippen LogP contribution in [0.3, 0.4) is 0 Å². The molecule has 4 atom stereocenters. The highest BCUT2D eigenvalue weighted by Crippen LogP contribution is 2.35. The second-order valence-corrected chi connectivity index (χ2v) is 9.74. The number of aryl methyl sites for hydroxylation is 1. The molecular formula is C32H40N2O2. The van der Waals surface area contributed by atoms with E-state index in [1.54, 1.807) is 6.08 Å². The van der Waals surface area contributed by atoms with Crippen molar-refractivity contribution in [3.05, 3.63) is 103 Å². The molecular weight excluding hydrogens is 444 g/mol. The molecule has 1 saturated carbocycles. The summed E-state index contributed by atoms with van der Waals surface area (Å²) in [6.07, 6.45) is 11.3. The average molecular weight is 485 g/mol. The first-order valence-electron chi connectivity index (χ1n) is 13.2. The maximum atomic E-state index is 13.4. The van der Waals surface area contributed by atoms with Gasteiger partial charge in [0.15, 0.2) is 5.78 Å². The van der Waals surface area contributed by atoms with Crippen LogP contribution in [-0.4, -0.2) is 17.7 Å². The fourth-order valence-corrected chi connectivity index (χ4v) is 5.39. The number of nitrogens with two attached hydrogens (primary N) is 1. The third-order valence-electron chi connectivity index (χ3n) is 7.43. The molecule has 2 aromatic carbocycles. The molecule has 0 aliphatic heterocycles. The van der Waals surface area contributed by atoms with Crippen molar-refractivity contribution in [3.63, 3.8) is 0 Å². The Kier molecular flexibility index (Phi) is 10.4. The van der Waals surface area contributed by atoms with Gasteiger partial charge in [-0.2, -0.15) is 0 Å². The van der Waals surface area contributed by atoms with E-state index < -0.39 is 6.04 Å². The topological polar surface area (TPSA) is 72.2 Å². The maximum absolute atomic E-state index is 13.4. The average Bonchev–Trinajstić information content (AvgIpc) is 3.39. The molecule has 0 bridgehead atoms. The van der Waals surface area contributed by atoms with Crippen LogP contribution in [0.1, 0.15) is 50.2 Å². The molecule has 1 aliphatic rings. The zero-order chi connectivity index (χ0) is 25.9. The van der Waals surface area contributed by atoms with E-state index in [0.29, 0.717) is 12.3 Å². The van der Waals surface area contributed by atoms with E-state index in [1.807, 2.05) is 60.7 Å². The van der Waals surface area contributed by atoms with E-state index in [4.69, 9.17) is 5.73 Å². The highest BCUT2D eigenvalue weighted by molar-refractivity contribution is 5.98. The third kappa shape index (κ3) is 7.14. The first-order valence-corrected chi connectivity index (χ1v) is 13.2. The molecule has 1 amide bonds. The number of ketones is 1. The monoisotopic (exact) mass is 484 g/mol. The van der Waals surface area contributed by atoms with Gasteiger partial charge in [0.05, 0.1) is 6.04 Å². The molecule has 36 heavy (non-hydrogen) atoms. The van der Waals surface area contributed by atoms with Gasteiger partial charge >= 0.3 is 0 Å². The number of para-hydroxylation sites is 1. The van der Waals surface area contributed by atoms with E-state index in [0.717, 1.165) is 55.3 Å². The summed E-state index contributed by atoms with van der Waals surface area (Å²) in [7, 11) is 0. The molecule has 1 aliphatic carbocycles. The number of Topliss-reactive ketones (excluding diaryl/α,β-unsaturated/α-hetero) is 1. The Hall–Kier alpha value is -3.24. The van der Waals surface area contributed by atoms with Gasteiger partial charge in [0, 0.05) is 17.5 Å². The minimum absolute atomic E-state index is 0.00142. The lowest BCUT2D eigenvalue weighted by molar-refractivity contribution is -0.130. The molecule has 1 fully saturated rings. The van der Waals surface area contributed by atoms with Crippen LogP contribution in [0.2, 0.25) is 0 Å². The van der Waals surface area contributed by atoms with Crippen LogP contribution in [0.5, 0.6) is 0 Å². The van der Waals surface area contributed by atoms with Crippen molar-refractivity contribution < 1.29 is 9.59 Å². The summed E-state index contributed by atoms with van der Waals surface area (Å²) in [4.78, 5) is 26.6. The van der Waals surface area contributed by atoms with Gasteiger partial charge in [-0.1, -0.05) is 93.3 Å². The van der Waals surface area contributed by atoms with Gasteiger partial charge in [0.25, 0.3) is 0 Å². The minimum Gasteiger partial charge on any atom is -0.326 e. The fourth-order valence-electron chi connectivity index (χ4n) is 5.39. The first-order chi connectivity index (χ1) is 17.5. The lowest BCUT2D eigenvalue weighted by atomic mass is 9.86. The largest absolute Gasteiger partial charge is 0.326 e. The van der Waals surface area contributed by atoms with Crippen LogP contribution in [0.25, 0.3) is 0 Å². The van der Waals surface area contributed by atoms with Gasteiger partial charge in [-0.25, -0.2) is 0 Å². The van der Waals surface area contributed by atoms with Gasteiger partial charge in [-0.05, 0) is 67.2 Å². The standard InChI is InChI=1S/C32H40N2O2/c1-4-13-24(5-2)25(6-3)20-21-26-16-10-11-19-30(26)34-32(36)28-18-12-17-27(28)31(35)29(33)22-23-14-8-7-9-15-23/h4-5,7-11,13-16,19,25,27-29H,1-2,6,12,17-18,20-22,33H2,3H3,(H,34,36)/b24-13+/t25?,27?,28?,29-/m0/s1. The number of amides is 1. The van der Waals surface area contributed by atoms with Crippen molar-refractivity contribution in [2.45, 2.75) is 57.9 Å². The molecule has 2 aromatic rings. The molecule has 0 saturated heterocycles. The Balaban J connectivity index is 1.66. The van der Waals surface area contributed by atoms with Gasteiger partial charge in [0.2, 0.25) is 5.91 Å². The summed E-state index contributed by atoms with van der Waals surface area (Å²) in [5, 5.41) is 3.15. The number of allylic oxidation sites excluding steroid dienone is 4. The maximum Gasteiger partial charge on any atom is 0.228 e. The summed E-state index contributed by atoms with van der Waals surface area (Å²) in [6, 6.07) is 17.2. The van der Waals surface area contributed by atoms with E-state index >= 15 is 0 Å². The molecule has 190 valence electrons. The summed E-state index contributed by atoms with van der Waals surface area (Å²) in [5.41, 5.74) is 10.5. The molecule has 3 unspecified atom stereocenters. The number of rotatable bonds is 13. The second kappa shape index (κ2) is 13.7. The van der Waals surface area contributed by atoms with Crippen LogP contribution in [0.4, 0.5) is 5.69 Å².